The number of nitrogens with zero attached hydrogens (tertiary/aromatic N) is 1. The molecule has 0 unspecified atom stereocenters. The minimum Gasteiger partial charge on any atom is -0.348 e. The topological polar surface area (TPSA) is 28.7 Å². The minimum absolute atomic E-state index is 0.464. The van der Waals surface area contributed by atoms with Crippen molar-refractivity contribution in [2.45, 2.75) is 18.8 Å². The maximum absolute atomic E-state index is 4.16. The number of hydrogen-bond acceptors (Lipinski definition) is 1. The van der Waals surface area contributed by atoms with E-state index in [0.717, 1.165) is 6.42 Å². The van der Waals surface area contributed by atoms with Crippen LogP contribution in [0.2, 0.25) is 0 Å². The number of aromatic nitrogens is 2. The highest BCUT2D eigenvalue weighted by atomic mass is 14.9. The molecule has 0 spiro atoms. The largest absolute Gasteiger partial charge is 0.348 e. The van der Waals surface area contributed by atoms with Crippen LogP contribution in [0.1, 0.15) is 29.2 Å². The Hall–Kier alpha value is -2.09. The van der Waals surface area contributed by atoms with Gasteiger partial charge < -0.3 is 4.98 Å². The van der Waals surface area contributed by atoms with Crippen LogP contribution in [-0.2, 0) is 6.42 Å². The molecule has 1 aromatic heterocycles. The van der Waals surface area contributed by atoms with Gasteiger partial charge in [-0.2, -0.15) is 0 Å². The summed E-state index contributed by atoms with van der Waals surface area (Å²) in [7, 11) is 0. The Kier molecular flexibility index (Phi) is 2.04. The molecule has 1 aliphatic rings. The van der Waals surface area contributed by atoms with Crippen molar-refractivity contribution >= 4 is 10.8 Å². The van der Waals surface area contributed by atoms with Gasteiger partial charge in [0, 0.05) is 17.8 Å². The molecule has 0 aliphatic heterocycles. The van der Waals surface area contributed by atoms with Crippen molar-refractivity contribution in [2.75, 3.05) is 0 Å². The Morgan fingerprint density at radius 1 is 1.11 bits per heavy atom. The average Bonchev–Trinajstić information content (AvgIpc) is 2.94. The van der Waals surface area contributed by atoms with Gasteiger partial charge in [-0.15, -0.1) is 0 Å². The molecule has 18 heavy (non-hydrogen) atoms. The summed E-state index contributed by atoms with van der Waals surface area (Å²) >= 11 is 0. The first-order valence-electron chi connectivity index (χ1n) is 6.42. The van der Waals surface area contributed by atoms with Crippen molar-refractivity contribution in [3.63, 3.8) is 0 Å². The summed E-state index contributed by atoms with van der Waals surface area (Å²) in [5.74, 6) is 0.464. The number of aromatic amines is 1. The van der Waals surface area contributed by atoms with Gasteiger partial charge in [0.1, 0.15) is 0 Å². The first-order chi connectivity index (χ1) is 8.93. The normalized spacial score (nSPS) is 18.1. The molecule has 1 atom stereocenters. The molecule has 2 nitrogen and oxygen atoms in total. The summed E-state index contributed by atoms with van der Waals surface area (Å²) in [6, 6.07) is 13.3. The Morgan fingerprint density at radius 3 is 2.83 bits per heavy atom. The second-order valence-electron chi connectivity index (χ2n) is 4.96. The lowest BCUT2D eigenvalue weighted by molar-refractivity contribution is 0.689. The third kappa shape index (κ3) is 1.32. The Labute approximate surface area is 106 Å². The van der Waals surface area contributed by atoms with Gasteiger partial charge in [-0.25, -0.2) is 4.98 Å². The van der Waals surface area contributed by atoms with Crippen molar-refractivity contribution < 1.29 is 0 Å². The molecule has 1 aliphatic carbocycles. The van der Waals surface area contributed by atoms with Gasteiger partial charge in [-0.05, 0) is 34.7 Å². The predicted molar refractivity (Wildman–Crippen MR) is 72.7 cm³/mol. The van der Waals surface area contributed by atoms with E-state index >= 15 is 0 Å². The molecule has 0 amide bonds. The highest BCUT2D eigenvalue weighted by Gasteiger charge is 2.23. The van der Waals surface area contributed by atoms with Crippen LogP contribution in [0.3, 0.4) is 0 Å². The van der Waals surface area contributed by atoms with Crippen LogP contribution in [0.25, 0.3) is 10.8 Å². The second kappa shape index (κ2) is 3.70. The van der Waals surface area contributed by atoms with Gasteiger partial charge in [0.05, 0.1) is 6.33 Å². The van der Waals surface area contributed by atoms with Crippen molar-refractivity contribution in [3.8, 4) is 0 Å². The molecular formula is C16H14N2. The first-order valence-corrected chi connectivity index (χ1v) is 6.42. The van der Waals surface area contributed by atoms with Crippen molar-refractivity contribution in [2.24, 2.45) is 0 Å². The lowest BCUT2D eigenvalue weighted by atomic mass is 9.80. The van der Waals surface area contributed by atoms with Crippen LogP contribution in [0.15, 0.2) is 48.9 Å². The summed E-state index contributed by atoms with van der Waals surface area (Å²) in [5.41, 5.74) is 4.16. The summed E-state index contributed by atoms with van der Waals surface area (Å²) in [5, 5.41) is 2.81. The fraction of sp³-hybridized carbons (Fsp3) is 0.188. The van der Waals surface area contributed by atoms with Crippen molar-refractivity contribution in [1.82, 2.24) is 9.97 Å². The van der Waals surface area contributed by atoms with Crippen LogP contribution in [0.5, 0.6) is 0 Å². The molecule has 2 heteroatoms. The lowest BCUT2D eigenvalue weighted by Crippen LogP contribution is -2.10. The molecule has 88 valence electrons. The van der Waals surface area contributed by atoms with Crippen molar-refractivity contribution in [1.29, 1.82) is 0 Å². The van der Waals surface area contributed by atoms with Gasteiger partial charge in [-0.3, -0.25) is 0 Å². The zero-order valence-corrected chi connectivity index (χ0v) is 10.1. The number of H-pyrrole nitrogens is 1. The van der Waals surface area contributed by atoms with Crippen LogP contribution in [0.4, 0.5) is 0 Å². The number of hydrogen-bond donors (Lipinski definition) is 1. The predicted octanol–water partition coefficient (Wildman–Crippen LogP) is 3.64. The first kappa shape index (κ1) is 9.89. The molecule has 3 aromatic rings. The minimum atomic E-state index is 0.464. The maximum Gasteiger partial charge on any atom is 0.0921 e. The molecule has 0 radical (unpaired) electrons. The van der Waals surface area contributed by atoms with E-state index in [9.17, 15) is 0 Å². The summed E-state index contributed by atoms with van der Waals surface area (Å²) in [4.78, 5) is 7.43. The smallest absolute Gasteiger partial charge is 0.0921 e. The summed E-state index contributed by atoms with van der Waals surface area (Å²) < 4.78 is 0. The Bertz CT molecular complexity index is 693. The van der Waals surface area contributed by atoms with E-state index in [0.29, 0.717) is 5.92 Å². The van der Waals surface area contributed by atoms with Crippen LogP contribution >= 0.6 is 0 Å². The lowest BCUT2D eigenvalue weighted by Gasteiger charge is -2.24. The molecule has 0 fully saturated rings. The zero-order chi connectivity index (χ0) is 11.9. The quantitative estimate of drug-likeness (QED) is 0.684. The molecule has 4 rings (SSSR count). The van der Waals surface area contributed by atoms with E-state index in [-0.39, 0.29) is 0 Å². The standard InChI is InChI=1S/C16H14N2/c1-3-11-5-2-6-14-13(15-9-17-10-18-15)8-7-12(4-1)16(11)14/h1-6,9-10,13H,7-8H2,(H,17,18)/t13-/m0/s1. The van der Waals surface area contributed by atoms with E-state index < -0.39 is 0 Å². The summed E-state index contributed by atoms with van der Waals surface area (Å²) in [6.07, 6.45) is 6.05. The number of benzene rings is 2. The molecule has 2 aromatic carbocycles. The third-order valence-electron chi connectivity index (χ3n) is 4.00. The average molecular weight is 234 g/mol. The van der Waals surface area contributed by atoms with Crippen molar-refractivity contribution in [3.05, 3.63) is 65.7 Å². The van der Waals surface area contributed by atoms with E-state index in [1.54, 1.807) is 6.33 Å². The fourth-order valence-corrected chi connectivity index (χ4v) is 3.18. The zero-order valence-electron chi connectivity index (χ0n) is 10.1. The highest BCUT2D eigenvalue weighted by molar-refractivity contribution is 5.90. The number of rotatable bonds is 1. The van der Waals surface area contributed by atoms with Gasteiger partial charge in [0.2, 0.25) is 0 Å². The van der Waals surface area contributed by atoms with E-state index in [4.69, 9.17) is 0 Å². The van der Waals surface area contributed by atoms with Crippen LogP contribution < -0.4 is 0 Å². The van der Waals surface area contributed by atoms with Gasteiger partial charge in [0.25, 0.3) is 0 Å². The SMILES string of the molecule is c1cc2c3c(cccc3c1)[C@@H](c1cnc[nH]1)CC2. The van der Waals surface area contributed by atoms with Gasteiger partial charge >= 0.3 is 0 Å². The number of nitrogens with one attached hydrogen (secondary N) is 1. The molecule has 1 heterocycles. The van der Waals surface area contributed by atoms with E-state index in [2.05, 4.69) is 46.4 Å². The van der Waals surface area contributed by atoms with E-state index in [1.165, 1.54) is 34.0 Å². The molecule has 0 saturated carbocycles. The Balaban J connectivity index is 2.01. The molecular weight excluding hydrogens is 220 g/mol. The molecule has 0 saturated heterocycles. The molecule has 0 bridgehead atoms. The fourth-order valence-electron chi connectivity index (χ4n) is 3.18. The monoisotopic (exact) mass is 234 g/mol. The molecule has 1 N–H and O–H groups in total. The van der Waals surface area contributed by atoms with Crippen LogP contribution in [0, 0.1) is 0 Å². The maximum atomic E-state index is 4.16. The second-order valence-corrected chi connectivity index (χ2v) is 4.96. The van der Waals surface area contributed by atoms with E-state index in [1.807, 2.05) is 6.20 Å². The van der Waals surface area contributed by atoms with Gasteiger partial charge in [0.15, 0.2) is 0 Å². The third-order valence-corrected chi connectivity index (χ3v) is 4.00. The number of aryl methyl sites for hydroxylation is 1. The highest BCUT2D eigenvalue weighted by Crippen LogP contribution is 2.39. The Morgan fingerprint density at radius 2 is 2.00 bits per heavy atom. The van der Waals surface area contributed by atoms with Crippen LogP contribution in [-0.4, -0.2) is 9.97 Å². The number of imidazole rings is 1. The summed E-state index contributed by atoms with van der Waals surface area (Å²) in [6.45, 7) is 0. The van der Waals surface area contributed by atoms with Gasteiger partial charge in [-0.1, -0.05) is 36.4 Å².